The molecule has 1 aromatic heterocycles. The number of hydrogen-bond acceptors (Lipinski definition) is 6. The number of aromatic nitrogens is 4. The molecule has 0 aliphatic carbocycles. The first-order valence-electron chi connectivity index (χ1n) is 6.58. The molecule has 1 atom stereocenters. The van der Waals surface area contributed by atoms with E-state index in [2.05, 4.69) is 15.5 Å². The van der Waals surface area contributed by atoms with Crippen molar-refractivity contribution < 1.29 is 9.47 Å². The number of tetrazole rings is 1. The molecule has 1 aliphatic heterocycles. The number of ether oxygens (including phenoxy) is 2. The zero-order valence-corrected chi connectivity index (χ0v) is 12.4. The average molecular weight is 310 g/mol. The standard InChI is InChI=1S/C13H16ClN5O2/c1-20-13(4-5-21-8-13)7-19-12(16-17-18-19)9-2-3-10(14)11(15)6-9/h2-3,6H,4-5,7-8,15H2,1H3. The number of anilines is 1. The summed E-state index contributed by atoms with van der Waals surface area (Å²) in [4.78, 5) is 0. The fraction of sp³-hybridized carbons (Fsp3) is 0.462. The summed E-state index contributed by atoms with van der Waals surface area (Å²) in [6, 6.07) is 5.33. The summed E-state index contributed by atoms with van der Waals surface area (Å²) in [5.74, 6) is 0.627. The van der Waals surface area contributed by atoms with Crippen LogP contribution in [0.5, 0.6) is 0 Å². The van der Waals surface area contributed by atoms with Gasteiger partial charge in [0.15, 0.2) is 5.82 Å². The number of halogens is 1. The lowest BCUT2D eigenvalue weighted by molar-refractivity contribution is -0.0317. The van der Waals surface area contributed by atoms with Gasteiger partial charge < -0.3 is 15.2 Å². The van der Waals surface area contributed by atoms with Crippen LogP contribution in [0.25, 0.3) is 11.4 Å². The lowest BCUT2D eigenvalue weighted by atomic mass is 10.0. The predicted molar refractivity (Wildman–Crippen MR) is 77.9 cm³/mol. The fourth-order valence-electron chi connectivity index (χ4n) is 2.41. The molecule has 0 amide bonds. The highest BCUT2D eigenvalue weighted by molar-refractivity contribution is 6.33. The molecule has 3 rings (SSSR count). The van der Waals surface area contributed by atoms with Gasteiger partial charge in [-0.3, -0.25) is 0 Å². The van der Waals surface area contributed by atoms with E-state index >= 15 is 0 Å². The second kappa shape index (κ2) is 5.59. The molecule has 21 heavy (non-hydrogen) atoms. The SMILES string of the molecule is COC1(Cn2nnnc2-c2ccc(Cl)c(N)c2)CCOC1. The highest BCUT2D eigenvalue weighted by Gasteiger charge is 2.36. The molecule has 0 radical (unpaired) electrons. The quantitative estimate of drug-likeness (QED) is 0.858. The summed E-state index contributed by atoms with van der Waals surface area (Å²) in [7, 11) is 1.68. The number of nitrogen functional groups attached to an aromatic ring is 1. The highest BCUT2D eigenvalue weighted by Crippen LogP contribution is 2.28. The number of hydrogen-bond donors (Lipinski definition) is 1. The molecular formula is C13H16ClN5O2. The van der Waals surface area contributed by atoms with Crippen molar-refractivity contribution in [2.75, 3.05) is 26.1 Å². The molecule has 1 fully saturated rings. The van der Waals surface area contributed by atoms with Gasteiger partial charge in [0, 0.05) is 25.7 Å². The van der Waals surface area contributed by atoms with E-state index in [0.29, 0.717) is 36.3 Å². The van der Waals surface area contributed by atoms with E-state index in [1.165, 1.54) is 0 Å². The van der Waals surface area contributed by atoms with Gasteiger partial charge in [-0.05, 0) is 28.6 Å². The topological polar surface area (TPSA) is 88.1 Å². The van der Waals surface area contributed by atoms with Crippen molar-refractivity contribution in [2.45, 2.75) is 18.6 Å². The Kier molecular flexibility index (Phi) is 3.79. The van der Waals surface area contributed by atoms with Crippen molar-refractivity contribution >= 4 is 17.3 Å². The molecule has 2 aromatic rings. The zero-order valence-electron chi connectivity index (χ0n) is 11.6. The lowest BCUT2D eigenvalue weighted by Crippen LogP contribution is -2.37. The Morgan fingerprint density at radius 1 is 1.52 bits per heavy atom. The maximum atomic E-state index is 5.94. The Labute approximate surface area is 127 Å². The van der Waals surface area contributed by atoms with Crippen molar-refractivity contribution in [2.24, 2.45) is 0 Å². The van der Waals surface area contributed by atoms with Crippen molar-refractivity contribution in [3.8, 4) is 11.4 Å². The van der Waals surface area contributed by atoms with E-state index in [9.17, 15) is 0 Å². The van der Waals surface area contributed by atoms with Crippen LogP contribution in [0.2, 0.25) is 5.02 Å². The number of benzene rings is 1. The van der Waals surface area contributed by atoms with E-state index in [0.717, 1.165) is 12.0 Å². The first-order valence-corrected chi connectivity index (χ1v) is 6.96. The molecular weight excluding hydrogens is 294 g/mol. The van der Waals surface area contributed by atoms with Crippen molar-refractivity contribution in [3.05, 3.63) is 23.2 Å². The van der Waals surface area contributed by atoms with Crippen LogP contribution in [0.15, 0.2) is 18.2 Å². The summed E-state index contributed by atoms with van der Waals surface area (Å²) in [5, 5.41) is 12.4. The summed E-state index contributed by atoms with van der Waals surface area (Å²) >= 11 is 5.94. The Morgan fingerprint density at radius 3 is 3.05 bits per heavy atom. The van der Waals surface area contributed by atoms with Crippen LogP contribution in [0.4, 0.5) is 5.69 Å². The molecule has 0 spiro atoms. The van der Waals surface area contributed by atoms with Gasteiger partial charge in [0.1, 0.15) is 5.60 Å². The average Bonchev–Trinajstić information content (AvgIpc) is 3.12. The number of nitrogens with two attached hydrogens (primary N) is 1. The maximum Gasteiger partial charge on any atom is 0.182 e. The minimum atomic E-state index is -0.387. The summed E-state index contributed by atoms with van der Waals surface area (Å²) in [5.41, 5.74) is 6.76. The van der Waals surface area contributed by atoms with Gasteiger partial charge in [-0.25, -0.2) is 4.68 Å². The summed E-state index contributed by atoms with van der Waals surface area (Å²) < 4.78 is 12.8. The third kappa shape index (κ3) is 2.72. The van der Waals surface area contributed by atoms with E-state index in [1.54, 1.807) is 23.9 Å². The van der Waals surface area contributed by atoms with E-state index in [-0.39, 0.29) is 5.60 Å². The molecule has 1 aliphatic rings. The zero-order chi connectivity index (χ0) is 14.9. The normalized spacial score (nSPS) is 21.8. The van der Waals surface area contributed by atoms with Crippen LogP contribution in [-0.2, 0) is 16.0 Å². The molecule has 1 saturated heterocycles. The van der Waals surface area contributed by atoms with Crippen LogP contribution >= 0.6 is 11.6 Å². The largest absolute Gasteiger partial charge is 0.398 e. The van der Waals surface area contributed by atoms with Crippen LogP contribution in [0.3, 0.4) is 0 Å². The van der Waals surface area contributed by atoms with Crippen LogP contribution in [0.1, 0.15) is 6.42 Å². The van der Waals surface area contributed by atoms with E-state index in [1.807, 2.05) is 6.07 Å². The first-order chi connectivity index (χ1) is 10.1. The van der Waals surface area contributed by atoms with Gasteiger partial charge in [-0.15, -0.1) is 5.10 Å². The summed E-state index contributed by atoms with van der Waals surface area (Å²) in [6.45, 7) is 1.74. The van der Waals surface area contributed by atoms with Crippen molar-refractivity contribution in [3.63, 3.8) is 0 Å². The lowest BCUT2D eigenvalue weighted by Gasteiger charge is -2.25. The monoisotopic (exact) mass is 309 g/mol. The Morgan fingerprint density at radius 2 is 2.38 bits per heavy atom. The predicted octanol–water partition coefficient (Wildman–Crippen LogP) is 1.38. The molecule has 0 bridgehead atoms. The maximum absolute atomic E-state index is 5.94. The second-order valence-corrected chi connectivity index (χ2v) is 5.49. The van der Waals surface area contributed by atoms with Gasteiger partial charge in [-0.1, -0.05) is 11.6 Å². The number of methoxy groups -OCH3 is 1. The smallest absolute Gasteiger partial charge is 0.182 e. The third-order valence-corrected chi connectivity index (χ3v) is 4.07. The molecule has 7 nitrogen and oxygen atoms in total. The molecule has 1 unspecified atom stereocenters. The Hall–Kier alpha value is -1.70. The van der Waals surface area contributed by atoms with Gasteiger partial charge in [-0.2, -0.15) is 0 Å². The molecule has 2 N–H and O–H groups in total. The van der Waals surface area contributed by atoms with Gasteiger partial charge in [0.05, 0.1) is 23.9 Å². The van der Waals surface area contributed by atoms with Gasteiger partial charge >= 0.3 is 0 Å². The fourth-order valence-corrected chi connectivity index (χ4v) is 2.53. The second-order valence-electron chi connectivity index (χ2n) is 5.09. The van der Waals surface area contributed by atoms with Crippen LogP contribution < -0.4 is 5.73 Å². The van der Waals surface area contributed by atoms with E-state index < -0.39 is 0 Å². The molecule has 112 valence electrons. The molecule has 8 heteroatoms. The minimum Gasteiger partial charge on any atom is -0.398 e. The van der Waals surface area contributed by atoms with Crippen molar-refractivity contribution in [1.82, 2.24) is 20.2 Å². The first kappa shape index (κ1) is 14.2. The van der Waals surface area contributed by atoms with Gasteiger partial charge in [0.2, 0.25) is 0 Å². The Bertz CT molecular complexity index is 639. The molecule has 1 aromatic carbocycles. The Balaban J connectivity index is 1.91. The highest BCUT2D eigenvalue weighted by atomic mass is 35.5. The third-order valence-electron chi connectivity index (χ3n) is 3.72. The van der Waals surface area contributed by atoms with E-state index in [4.69, 9.17) is 26.8 Å². The van der Waals surface area contributed by atoms with Gasteiger partial charge in [0.25, 0.3) is 0 Å². The molecule has 2 heterocycles. The van der Waals surface area contributed by atoms with Crippen molar-refractivity contribution in [1.29, 1.82) is 0 Å². The summed E-state index contributed by atoms with van der Waals surface area (Å²) in [6.07, 6.45) is 0.811. The molecule has 0 saturated carbocycles. The van der Waals surface area contributed by atoms with Crippen LogP contribution in [-0.4, -0.2) is 46.1 Å². The minimum absolute atomic E-state index is 0.387. The number of nitrogens with zero attached hydrogens (tertiary/aromatic N) is 4. The number of rotatable bonds is 4. The van der Waals surface area contributed by atoms with Crippen LogP contribution in [0, 0.1) is 0 Å².